The van der Waals surface area contributed by atoms with E-state index in [4.69, 9.17) is 0 Å². The van der Waals surface area contributed by atoms with Crippen LogP contribution in [0.3, 0.4) is 0 Å². The van der Waals surface area contributed by atoms with Gasteiger partial charge in [-0.3, -0.25) is 9.59 Å². The predicted molar refractivity (Wildman–Crippen MR) is 65.6 cm³/mol. The number of fused-ring (bicyclic) bond motifs is 1. The molecule has 0 atom stereocenters. The minimum atomic E-state index is -0.191. The molecule has 86 valence electrons. The Kier molecular flexibility index (Phi) is 2.68. The Morgan fingerprint density at radius 3 is 2.29 bits per heavy atom. The second kappa shape index (κ2) is 4.01. The zero-order chi connectivity index (χ0) is 12.6. The van der Waals surface area contributed by atoms with E-state index < -0.39 is 0 Å². The van der Waals surface area contributed by atoms with Crippen molar-refractivity contribution in [3.05, 3.63) is 41.5 Å². The van der Waals surface area contributed by atoms with Crippen molar-refractivity contribution in [1.29, 1.82) is 0 Å². The largest absolute Gasteiger partial charge is 0.507 e. The van der Waals surface area contributed by atoms with E-state index in [0.717, 1.165) is 5.39 Å². The smallest absolute Gasteiger partial charge is 0.164 e. The van der Waals surface area contributed by atoms with Gasteiger partial charge in [0.25, 0.3) is 0 Å². The van der Waals surface area contributed by atoms with Gasteiger partial charge in [0.05, 0.1) is 5.56 Å². The first kappa shape index (κ1) is 11.3. The van der Waals surface area contributed by atoms with Crippen molar-refractivity contribution in [2.24, 2.45) is 0 Å². The quantitative estimate of drug-likeness (QED) is 0.804. The first-order valence-electron chi connectivity index (χ1n) is 5.28. The third-order valence-corrected chi connectivity index (χ3v) is 2.76. The van der Waals surface area contributed by atoms with Crippen LogP contribution in [-0.2, 0) is 0 Å². The summed E-state index contributed by atoms with van der Waals surface area (Å²) < 4.78 is 0. The lowest BCUT2D eigenvalue weighted by Crippen LogP contribution is -1.96. The van der Waals surface area contributed by atoms with Gasteiger partial charge < -0.3 is 5.11 Å². The maximum atomic E-state index is 11.5. The molecule has 1 N–H and O–H groups in total. The van der Waals surface area contributed by atoms with Gasteiger partial charge in [-0.05, 0) is 36.8 Å². The van der Waals surface area contributed by atoms with E-state index in [2.05, 4.69) is 0 Å². The van der Waals surface area contributed by atoms with Crippen LogP contribution in [0.15, 0.2) is 30.3 Å². The minimum Gasteiger partial charge on any atom is -0.507 e. The number of hydrogen-bond donors (Lipinski definition) is 1. The molecule has 0 spiro atoms. The second-order valence-corrected chi connectivity index (χ2v) is 4.01. The summed E-state index contributed by atoms with van der Waals surface area (Å²) in [7, 11) is 0. The molecule has 0 aliphatic rings. The monoisotopic (exact) mass is 228 g/mol. The van der Waals surface area contributed by atoms with Gasteiger partial charge in [0.15, 0.2) is 11.6 Å². The van der Waals surface area contributed by atoms with Gasteiger partial charge in [-0.1, -0.05) is 18.2 Å². The molecule has 0 fully saturated rings. The number of phenols is 1. The predicted octanol–water partition coefficient (Wildman–Crippen LogP) is 2.95. The van der Waals surface area contributed by atoms with Gasteiger partial charge in [-0.15, -0.1) is 0 Å². The van der Waals surface area contributed by atoms with Crippen LogP contribution >= 0.6 is 0 Å². The van der Waals surface area contributed by atoms with Crippen LogP contribution in [0.2, 0.25) is 0 Å². The molecule has 3 heteroatoms. The van der Waals surface area contributed by atoms with E-state index in [1.165, 1.54) is 19.9 Å². The third-order valence-electron chi connectivity index (χ3n) is 2.76. The Balaban J connectivity index is 2.79. The van der Waals surface area contributed by atoms with Crippen molar-refractivity contribution in [3.63, 3.8) is 0 Å². The molecule has 0 aliphatic carbocycles. The Morgan fingerprint density at radius 2 is 1.71 bits per heavy atom. The third kappa shape index (κ3) is 1.91. The Morgan fingerprint density at radius 1 is 1.00 bits per heavy atom. The second-order valence-electron chi connectivity index (χ2n) is 4.01. The summed E-state index contributed by atoms with van der Waals surface area (Å²) in [5.74, 6) is -0.242. The van der Waals surface area contributed by atoms with Gasteiger partial charge in [0.2, 0.25) is 0 Å². The molecule has 0 heterocycles. The first-order chi connectivity index (χ1) is 8.00. The maximum absolute atomic E-state index is 11.5. The molecule has 0 bridgehead atoms. The lowest BCUT2D eigenvalue weighted by molar-refractivity contribution is 0.100. The highest BCUT2D eigenvalue weighted by Crippen LogP contribution is 2.28. The van der Waals surface area contributed by atoms with Crippen LogP contribution < -0.4 is 0 Å². The summed E-state index contributed by atoms with van der Waals surface area (Å²) in [6, 6.07) is 8.26. The summed E-state index contributed by atoms with van der Waals surface area (Å²) >= 11 is 0. The van der Waals surface area contributed by atoms with Gasteiger partial charge in [0, 0.05) is 5.56 Å². The fourth-order valence-corrected chi connectivity index (χ4v) is 1.91. The van der Waals surface area contributed by atoms with E-state index in [1.807, 2.05) is 0 Å². The molecule has 0 amide bonds. The fourth-order valence-electron chi connectivity index (χ4n) is 1.91. The van der Waals surface area contributed by atoms with Gasteiger partial charge >= 0.3 is 0 Å². The van der Waals surface area contributed by atoms with E-state index in [1.54, 1.807) is 24.3 Å². The molecule has 0 saturated carbocycles. The number of benzene rings is 2. The maximum Gasteiger partial charge on any atom is 0.164 e. The Bertz CT molecular complexity index is 627. The molecular weight excluding hydrogens is 216 g/mol. The molecule has 2 rings (SSSR count). The Hall–Kier alpha value is -2.16. The van der Waals surface area contributed by atoms with Crippen molar-refractivity contribution in [1.82, 2.24) is 0 Å². The summed E-state index contributed by atoms with van der Waals surface area (Å²) in [6.07, 6.45) is 0. The highest BCUT2D eigenvalue weighted by atomic mass is 16.3. The van der Waals surface area contributed by atoms with Gasteiger partial charge in [0.1, 0.15) is 5.75 Å². The molecule has 0 unspecified atom stereocenters. The van der Waals surface area contributed by atoms with E-state index in [0.29, 0.717) is 16.5 Å². The van der Waals surface area contributed by atoms with Crippen LogP contribution in [0, 0.1) is 0 Å². The summed E-state index contributed by atoms with van der Waals surface area (Å²) in [5.41, 5.74) is 0.898. The molecule has 0 aliphatic heterocycles. The minimum absolute atomic E-state index is 0.0237. The van der Waals surface area contributed by atoms with Crippen LogP contribution in [0.1, 0.15) is 34.6 Å². The molecule has 0 radical (unpaired) electrons. The van der Waals surface area contributed by atoms with E-state index in [-0.39, 0.29) is 17.3 Å². The number of Topliss-reactive ketones (excluding diaryl/α,β-unsaturated/α-hetero) is 2. The average Bonchev–Trinajstić information content (AvgIpc) is 2.27. The highest BCUT2D eigenvalue weighted by molar-refractivity contribution is 6.10. The summed E-state index contributed by atoms with van der Waals surface area (Å²) in [5, 5.41) is 11.1. The number of rotatable bonds is 2. The van der Waals surface area contributed by atoms with Crippen LogP contribution in [-0.4, -0.2) is 16.7 Å². The molecule has 17 heavy (non-hydrogen) atoms. The van der Waals surface area contributed by atoms with Crippen LogP contribution in [0.25, 0.3) is 10.8 Å². The number of hydrogen-bond acceptors (Lipinski definition) is 3. The zero-order valence-corrected chi connectivity index (χ0v) is 9.65. The molecule has 0 saturated heterocycles. The van der Waals surface area contributed by atoms with Crippen molar-refractivity contribution < 1.29 is 14.7 Å². The molecule has 3 nitrogen and oxygen atoms in total. The standard InChI is InChI=1S/C14H12O3/c1-8(15)10-3-5-12-11(7-10)4-6-13(17)14(12)9(2)16/h3-7,17H,1-2H3. The van der Waals surface area contributed by atoms with Crippen molar-refractivity contribution in [2.45, 2.75) is 13.8 Å². The fraction of sp³-hybridized carbons (Fsp3) is 0.143. The molecule has 2 aromatic carbocycles. The average molecular weight is 228 g/mol. The number of aromatic hydroxyl groups is 1. The number of phenolic OH excluding ortho intramolecular Hbond substituents is 1. The Labute approximate surface area is 98.7 Å². The van der Waals surface area contributed by atoms with Crippen molar-refractivity contribution in [2.75, 3.05) is 0 Å². The number of carbonyl (C=O) groups is 2. The lowest BCUT2D eigenvalue weighted by Gasteiger charge is -2.07. The van der Waals surface area contributed by atoms with Crippen LogP contribution in [0.5, 0.6) is 5.75 Å². The molecular formula is C14H12O3. The lowest BCUT2D eigenvalue weighted by atomic mass is 9.98. The topological polar surface area (TPSA) is 54.4 Å². The van der Waals surface area contributed by atoms with Crippen LogP contribution in [0.4, 0.5) is 0 Å². The molecule has 2 aromatic rings. The van der Waals surface area contributed by atoms with Gasteiger partial charge in [-0.25, -0.2) is 0 Å². The first-order valence-corrected chi connectivity index (χ1v) is 5.28. The highest BCUT2D eigenvalue weighted by Gasteiger charge is 2.12. The molecule has 0 aromatic heterocycles. The number of carbonyl (C=O) groups excluding carboxylic acids is 2. The van der Waals surface area contributed by atoms with Crippen molar-refractivity contribution >= 4 is 22.3 Å². The number of ketones is 2. The van der Waals surface area contributed by atoms with Gasteiger partial charge in [-0.2, -0.15) is 0 Å². The van der Waals surface area contributed by atoms with Crippen molar-refractivity contribution in [3.8, 4) is 5.75 Å². The van der Waals surface area contributed by atoms with E-state index >= 15 is 0 Å². The summed E-state index contributed by atoms with van der Waals surface area (Å²) in [6.45, 7) is 2.90. The normalized spacial score (nSPS) is 10.5. The summed E-state index contributed by atoms with van der Waals surface area (Å²) in [4.78, 5) is 22.7. The zero-order valence-electron chi connectivity index (χ0n) is 9.65. The SMILES string of the molecule is CC(=O)c1ccc2c(C(C)=O)c(O)ccc2c1. The van der Waals surface area contributed by atoms with E-state index in [9.17, 15) is 14.7 Å².